The molecule has 1 atom stereocenters. The predicted molar refractivity (Wildman–Crippen MR) is 123 cm³/mol. The first kappa shape index (κ1) is 23.4. The molecule has 32 heavy (non-hydrogen) atoms. The molecule has 0 radical (unpaired) electrons. The number of nitrogens with zero attached hydrogens (tertiary/aromatic N) is 1. The second-order valence-corrected chi connectivity index (χ2v) is 8.49. The fourth-order valence-electron chi connectivity index (χ4n) is 3.24. The standard InChI is InChI=1S/C23H20ClN3O4S/c1-13-3-8-16(24)9-19(13)26-21(29)12-32-22-18(11-25)17(10-20(28)27-22)14-4-6-15(7-5-14)23(30)31-2/h3-9,17H,10,12H2,1-2H3,(H,26,29)(H,27,28)/t17-/m1/s1. The van der Waals surface area contributed by atoms with Crippen molar-refractivity contribution in [3.63, 3.8) is 0 Å². The van der Waals surface area contributed by atoms with Crippen molar-refractivity contribution in [2.24, 2.45) is 0 Å². The van der Waals surface area contributed by atoms with Crippen LogP contribution in [0.2, 0.25) is 5.02 Å². The molecule has 1 heterocycles. The molecule has 0 saturated carbocycles. The largest absolute Gasteiger partial charge is 0.465 e. The predicted octanol–water partition coefficient (Wildman–Crippen LogP) is 4.15. The minimum atomic E-state index is -0.471. The first-order chi connectivity index (χ1) is 15.3. The number of methoxy groups -OCH3 is 1. The number of allylic oxidation sites excluding steroid dienone is 1. The maximum absolute atomic E-state index is 12.4. The highest BCUT2D eigenvalue weighted by atomic mass is 35.5. The minimum Gasteiger partial charge on any atom is -0.465 e. The summed E-state index contributed by atoms with van der Waals surface area (Å²) in [6.45, 7) is 1.85. The van der Waals surface area contributed by atoms with Crippen molar-refractivity contribution < 1.29 is 19.1 Å². The van der Waals surface area contributed by atoms with Crippen LogP contribution in [0.15, 0.2) is 53.1 Å². The lowest BCUT2D eigenvalue weighted by molar-refractivity contribution is -0.121. The summed E-state index contributed by atoms with van der Waals surface area (Å²) in [6, 6.07) is 14.0. The summed E-state index contributed by atoms with van der Waals surface area (Å²) in [5.41, 5.74) is 2.94. The van der Waals surface area contributed by atoms with Crippen molar-refractivity contribution in [2.45, 2.75) is 19.3 Å². The average molecular weight is 470 g/mol. The molecular weight excluding hydrogens is 450 g/mol. The summed E-state index contributed by atoms with van der Waals surface area (Å²) in [5.74, 6) is -1.48. The molecular formula is C23H20ClN3O4S. The summed E-state index contributed by atoms with van der Waals surface area (Å²) < 4.78 is 4.70. The zero-order chi connectivity index (χ0) is 23.3. The van der Waals surface area contributed by atoms with Gasteiger partial charge in [0.05, 0.1) is 35.1 Å². The Morgan fingerprint density at radius 2 is 2.00 bits per heavy atom. The van der Waals surface area contributed by atoms with Crippen LogP contribution < -0.4 is 10.6 Å². The molecule has 2 N–H and O–H groups in total. The molecule has 164 valence electrons. The van der Waals surface area contributed by atoms with Gasteiger partial charge in [0.25, 0.3) is 0 Å². The summed E-state index contributed by atoms with van der Waals surface area (Å²) >= 11 is 7.08. The Bertz CT molecular complexity index is 1140. The van der Waals surface area contributed by atoms with Gasteiger partial charge in [-0.2, -0.15) is 5.26 Å². The van der Waals surface area contributed by atoms with Gasteiger partial charge in [0.1, 0.15) is 0 Å². The van der Waals surface area contributed by atoms with Gasteiger partial charge in [0.2, 0.25) is 11.8 Å². The van der Waals surface area contributed by atoms with Gasteiger partial charge in [-0.05, 0) is 42.3 Å². The molecule has 0 fully saturated rings. The molecule has 0 unspecified atom stereocenters. The number of nitrogens with one attached hydrogen (secondary N) is 2. The lowest BCUT2D eigenvalue weighted by Gasteiger charge is -2.25. The molecule has 0 bridgehead atoms. The number of esters is 1. The van der Waals surface area contributed by atoms with Crippen LogP contribution >= 0.6 is 23.4 Å². The van der Waals surface area contributed by atoms with Gasteiger partial charge in [-0.1, -0.05) is 41.6 Å². The number of hydrogen-bond donors (Lipinski definition) is 2. The third kappa shape index (κ3) is 5.49. The van der Waals surface area contributed by atoms with Crippen LogP contribution in [0.25, 0.3) is 0 Å². The van der Waals surface area contributed by atoms with E-state index in [1.165, 1.54) is 7.11 Å². The third-order valence-corrected chi connectivity index (χ3v) is 6.16. The van der Waals surface area contributed by atoms with E-state index in [1.54, 1.807) is 42.5 Å². The third-order valence-electron chi connectivity index (χ3n) is 4.91. The van der Waals surface area contributed by atoms with E-state index in [4.69, 9.17) is 16.3 Å². The number of thioether (sulfide) groups is 1. The van der Waals surface area contributed by atoms with E-state index in [-0.39, 0.29) is 24.0 Å². The van der Waals surface area contributed by atoms with E-state index in [0.717, 1.165) is 22.9 Å². The number of hydrogen-bond acceptors (Lipinski definition) is 6. The van der Waals surface area contributed by atoms with Crippen molar-refractivity contribution in [2.75, 3.05) is 18.2 Å². The smallest absolute Gasteiger partial charge is 0.337 e. The normalized spacial score (nSPS) is 15.6. The van der Waals surface area contributed by atoms with Crippen LogP contribution in [-0.4, -0.2) is 30.6 Å². The van der Waals surface area contributed by atoms with Gasteiger partial charge < -0.3 is 15.4 Å². The fourth-order valence-corrected chi connectivity index (χ4v) is 4.29. The number of carbonyl (C=O) groups is 3. The molecule has 0 aliphatic carbocycles. The number of amides is 2. The summed E-state index contributed by atoms with van der Waals surface area (Å²) in [5, 5.41) is 16.1. The van der Waals surface area contributed by atoms with Crippen molar-refractivity contribution in [1.82, 2.24) is 5.32 Å². The zero-order valence-electron chi connectivity index (χ0n) is 17.4. The molecule has 0 saturated heterocycles. The van der Waals surface area contributed by atoms with Crippen LogP contribution in [0, 0.1) is 18.3 Å². The zero-order valence-corrected chi connectivity index (χ0v) is 19.0. The van der Waals surface area contributed by atoms with Crippen molar-refractivity contribution in [3.05, 3.63) is 74.8 Å². The number of benzene rings is 2. The number of nitriles is 1. The van der Waals surface area contributed by atoms with E-state index in [1.807, 2.05) is 6.92 Å². The van der Waals surface area contributed by atoms with Crippen LogP contribution in [0.5, 0.6) is 0 Å². The lowest BCUT2D eigenvalue weighted by Crippen LogP contribution is -2.31. The number of rotatable bonds is 6. The maximum atomic E-state index is 12.4. The Morgan fingerprint density at radius 1 is 1.28 bits per heavy atom. The van der Waals surface area contributed by atoms with Crippen LogP contribution in [-0.2, 0) is 14.3 Å². The van der Waals surface area contributed by atoms with Gasteiger partial charge in [-0.15, -0.1) is 0 Å². The van der Waals surface area contributed by atoms with E-state index < -0.39 is 11.9 Å². The van der Waals surface area contributed by atoms with Crippen LogP contribution in [0.4, 0.5) is 5.69 Å². The van der Waals surface area contributed by atoms with Crippen molar-refractivity contribution in [3.8, 4) is 6.07 Å². The van der Waals surface area contributed by atoms with Gasteiger partial charge >= 0.3 is 5.97 Å². The molecule has 1 aliphatic heterocycles. The molecule has 9 heteroatoms. The Kier molecular flexibility index (Phi) is 7.57. The number of aryl methyl sites for hydroxylation is 1. The molecule has 0 aromatic heterocycles. The van der Waals surface area contributed by atoms with Crippen molar-refractivity contribution in [1.29, 1.82) is 5.26 Å². The summed E-state index contributed by atoms with van der Waals surface area (Å²) in [6.07, 6.45) is 0.0957. The first-order valence-electron chi connectivity index (χ1n) is 9.63. The highest BCUT2D eigenvalue weighted by Gasteiger charge is 2.30. The quantitative estimate of drug-likeness (QED) is 0.615. The van der Waals surface area contributed by atoms with Gasteiger partial charge in [0, 0.05) is 23.0 Å². The van der Waals surface area contributed by atoms with Gasteiger partial charge in [0.15, 0.2) is 0 Å². The second kappa shape index (κ2) is 10.4. The Morgan fingerprint density at radius 3 is 2.66 bits per heavy atom. The SMILES string of the molecule is COC(=O)c1ccc([C@H]2CC(=O)NC(SCC(=O)Nc3cc(Cl)ccc3C)=C2C#N)cc1. The summed E-state index contributed by atoms with van der Waals surface area (Å²) in [7, 11) is 1.30. The Balaban J connectivity index is 1.77. The number of halogens is 1. The molecule has 1 aliphatic rings. The topological polar surface area (TPSA) is 108 Å². The molecule has 3 rings (SSSR count). The van der Waals surface area contributed by atoms with E-state index in [9.17, 15) is 19.6 Å². The minimum absolute atomic E-state index is 0.000739. The maximum Gasteiger partial charge on any atom is 0.337 e. The van der Waals surface area contributed by atoms with E-state index in [0.29, 0.717) is 26.9 Å². The van der Waals surface area contributed by atoms with E-state index in [2.05, 4.69) is 16.7 Å². The summed E-state index contributed by atoms with van der Waals surface area (Å²) in [4.78, 5) is 36.4. The van der Waals surface area contributed by atoms with E-state index >= 15 is 0 Å². The van der Waals surface area contributed by atoms with Crippen LogP contribution in [0.3, 0.4) is 0 Å². The van der Waals surface area contributed by atoms with Gasteiger partial charge in [-0.25, -0.2) is 4.79 Å². The molecule has 2 aromatic carbocycles. The van der Waals surface area contributed by atoms with Crippen molar-refractivity contribution >= 4 is 46.8 Å². The average Bonchev–Trinajstić information content (AvgIpc) is 2.79. The monoisotopic (exact) mass is 469 g/mol. The molecule has 0 spiro atoms. The lowest BCUT2D eigenvalue weighted by atomic mass is 9.87. The Hall–Kier alpha value is -3.28. The number of anilines is 1. The molecule has 2 amide bonds. The highest BCUT2D eigenvalue weighted by Crippen LogP contribution is 2.36. The van der Waals surface area contributed by atoms with Crippen LogP contribution in [0.1, 0.15) is 33.8 Å². The first-order valence-corrected chi connectivity index (χ1v) is 11.0. The second-order valence-electron chi connectivity index (χ2n) is 7.07. The molecule has 2 aromatic rings. The Labute approximate surface area is 194 Å². The molecule has 7 nitrogen and oxygen atoms in total. The van der Waals surface area contributed by atoms with Gasteiger partial charge in [-0.3, -0.25) is 9.59 Å². The number of ether oxygens (including phenoxy) is 1. The number of carbonyl (C=O) groups excluding carboxylic acids is 3. The fraction of sp³-hybridized carbons (Fsp3) is 0.217. The highest BCUT2D eigenvalue weighted by molar-refractivity contribution is 8.03.